The molecule has 0 heterocycles. The quantitative estimate of drug-likeness (QED) is 0.122. The van der Waals surface area contributed by atoms with Crippen molar-refractivity contribution in [1.29, 1.82) is 0 Å². The molecule has 0 aliphatic carbocycles. The van der Waals surface area contributed by atoms with Gasteiger partial charge < -0.3 is 47.2 Å². The van der Waals surface area contributed by atoms with Gasteiger partial charge in [0.1, 0.15) is 23.9 Å². The number of carboxylic acid groups (broad SMARTS) is 3. The predicted octanol–water partition coefficient (Wildman–Crippen LogP) is -3.26. The Hall–Kier alpha value is -4.24. The Morgan fingerprint density at radius 1 is 0.743 bits per heavy atom. The number of nitrogens with one attached hydrogen (secondary N) is 3. The van der Waals surface area contributed by atoms with Gasteiger partial charge in [0.05, 0.1) is 25.5 Å². The molecule has 0 aliphatic rings. The highest BCUT2D eigenvalue weighted by Crippen LogP contribution is 2.12. The van der Waals surface area contributed by atoms with E-state index in [0.717, 1.165) is 0 Å². The largest absolute Gasteiger partial charge is 0.508 e. The fourth-order valence-electron chi connectivity index (χ4n) is 2.75. The molecule has 4 unspecified atom stereocenters. The summed E-state index contributed by atoms with van der Waals surface area (Å²) < 4.78 is 0. The van der Waals surface area contributed by atoms with Crippen molar-refractivity contribution in [2.45, 2.75) is 43.4 Å². The van der Waals surface area contributed by atoms with E-state index < -0.39 is 79.2 Å². The molecule has 1 aromatic rings. The van der Waals surface area contributed by atoms with Crippen LogP contribution in [0.1, 0.15) is 18.4 Å². The van der Waals surface area contributed by atoms with Crippen LogP contribution in [0.25, 0.3) is 0 Å². The summed E-state index contributed by atoms with van der Waals surface area (Å²) in [5.74, 6) is -7.91. The van der Waals surface area contributed by atoms with Gasteiger partial charge in [0, 0.05) is 6.42 Å². The van der Waals surface area contributed by atoms with Crippen LogP contribution in [0.2, 0.25) is 0 Å². The molecule has 0 radical (unpaired) electrons. The van der Waals surface area contributed by atoms with Crippen molar-refractivity contribution >= 4 is 35.6 Å². The van der Waals surface area contributed by atoms with E-state index >= 15 is 0 Å². The Kier molecular flexibility index (Phi) is 11.1. The van der Waals surface area contributed by atoms with Gasteiger partial charge >= 0.3 is 17.9 Å². The molecule has 10 N–H and O–H groups in total. The van der Waals surface area contributed by atoms with Crippen LogP contribution in [0.5, 0.6) is 5.75 Å². The molecule has 15 heteroatoms. The number of aromatic hydroxyl groups is 1. The Balaban J connectivity index is 2.93. The zero-order valence-corrected chi connectivity index (χ0v) is 18.2. The lowest BCUT2D eigenvalue weighted by molar-refractivity contribution is -0.143. The fourth-order valence-corrected chi connectivity index (χ4v) is 2.75. The van der Waals surface area contributed by atoms with Gasteiger partial charge in [-0.25, -0.2) is 4.79 Å². The number of carbonyl (C=O) groups is 6. The molecule has 1 aromatic carbocycles. The van der Waals surface area contributed by atoms with E-state index in [4.69, 9.17) is 15.9 Å². The zero-order valence-electron chi connectivity index (χ0n) is 18.2. The van der Waals surface area contributed by atoms with Crippen LogP contribution in [-0.4, -0.2) is 91.9 Å². The molecule has 0 saturated heterocycles. The first kappa shape index (κ1) is 28.8. The van der Waals surface area contributed by atoms with Crippen LogP contribution in [0.3, 0.4) is 0 Å². The lowest BCUT2D eigenvalue weighted by atomic mass is 10.0. The van der Waals surface area contributed by atoms with Crippen molar-refractivity contribution in [2.24, 2.45) is 5.73 Å². The average Bonchev–Trinajstić information content (AvgIpc) is 2.76. The topological polar surface area (TPSA) is 266 Å². The summed E-state index contributed by atoms with van der Waals surface area (Å²) in [5.41, 5.74) is 5.80. The molecule has 1 rings (SSSR count). The lowest BCUT2D eigenvalue weighted by Gasteiger charge is -2.23. The Morgan fingerprint density at radius 2 is 1.23 bits per heavy atom. The molecule has 15 nitrogen and oxygen atoms in total. The standard InChI is InChI=1S/C20H26N4O11/c21-11(6-15(27)28)17(31)24-14(8-25)19(33)22-12(7-16(29)30)18(32)23-13(20(34)35)5-9-1-3-10(26)4-2-9/h1-4,11-14,25-26H,5-8,21H2,(H,22,33)(H,23,32)(H,24,31)(H,27,28)(H,29,30)(H,34,35). The van der Waals surface area contributed by atoms with Crippen molar-refractivity contribution < 1.29 is 54.3 Å². The smallest absolute Gasteiger partial charge is 0.326 e. The second-order valence-electron chi connectivity index (χ2n) is 7.38. The number of hydrogen-bond acceptors (Lipinski definition) is 9. The summed E-state index contributed by atoms with van der Waals surface area (Å²) in [6, 6.07) is -1.15. The van der Waals surface area contributed by atoms with Crippen LogP contribution < -0.4 is 21.7 Å². The van der Waals surface area contributed by atoms with Crippen LogP contribution >= 0.6 is 0 Å². The highest BCUT2D eigenvalue weighted by molar-refractivity contribution is 5.96. The van der Waals surface area contributed by atoms with E-state index in [1.807, 2.05) is 10.6 Å². The summed E-state index contributed by atoms with van der Waals surface area (Å²) >= 11 is 0. The number of benzene rings is 1. The van der Waals surface area contributed by atoms with Gasteiger partial charge in [-0.15, -0.1) is 0 Å². The van der Waals surface area contributed by atoms with Gasteiger partial charge in [-0.05, 0) is 17.7 Å². The average molecular weight is 498 g/mol. The summed E-state index contributed by atoms with van der Waals surface area (Å²) in [6.07, 6.45) is -1.97. The molecular formula is C20H26N4O11. The van der Waals surface area contributed by atoms with E-state index in [1.54, 1.807) is 0 Å². The van der Waals surface area contributed by atoms with Gasteiger partial charge in [-0.1, -0.05) is 12.1 Å². The van der Waals surface area contributed by atoms with Crippen LogP contribution in [-0.2, 0) is 35.2 Å². The number of rotatable bonds is 14. The molecule has 192 valence electrons. The van der Waals surface area contributed by atoms with Crippen LogP contribution in [0, 0.1) is 0 Å². The molecule has 0 fully saturated rings. The fraction of sp³-hybridized carbons (Fsp3) is 0.400. The molecule has 0 aromatic heterocycles. The number of phenolic OH excluding ortho intramolecular Hbond substituents is 1. The van der Waals surface area contributed by atoms with Crippen molar-refractivity contribution in [3.63, 3.8) is 0 Å². The van der Waals surface area contributed by atoms with Gasteiger partial charge in [0.15, 0.2) is 0 Å². The second-order valence-corrected chi connectivity index (χ2v) is 7.38. The normalized spacial score (nSPS) is 14.0. The molecule has 4 atom stereocenters. The molecular weight excluding hydrogens is 472 g/mol. The van der Waals surface area contributed by atoms with E-state index in [0.29, 0.717) is 5.56 Å². The number of amides is 3. The molecule has 35 heavy (non-hydrogen) atoms. The van der Waals surface area contributed by atoms with Crippen LogP contribution in [0.4, 0.5) is 0 Å². The first-order chi connectivity index (χ1) is 16.3. The monoisotopic (exact) mass is 498 g/mol. The van der Waals surface area contributed by atoms with E-state index in [9.17, 15) is 44.1 Å². The van der Waals surface area contributed by atoms with E-state index in [-0.39, 0.29) is 12.2 Å². The first-order valence-corrected chi connectivity index (χ1v) is 10.1. The third kappa shape index (κ3) is 10.1. The van der Waals surface area contributed by atoms with Crippen molar-refractivity contribution in [3.8, 4) is 5.75 Å². The van der Waals surface area contributed by atoms with Gasteiger partial charge in [0.25, 0.3) is 0 Å². The maximum Gasteiger partial charge on any atom is 0.326 e. The number of aliphatic carboxylic acids is 3. The number of carboxylic acids is 3. The third-order valence-corrected chi connectivity index (χ3v) is 4.55. The molecule has 0 bridgehead atoms. The summed E-state index contributed by atoms with van der Waals surface area (Å²) in [6.45, 7) is -1.00. The minimum Gasteiger partial charge on any atom is -0.508 e. The SMILES string of the molecule is NC(CC(=O)O)C(=O)NC(CO)C(=O)NC(CC(=O)O)C(=O)NC(Cc1ccc(O)cc1)C(=O)O. The second kappa shape index (κ2) is 13.5. The number of aliphatic hydroxyl groups excluding tert-OH is 1. The third-order valence-electron chi connectivity index (χ3n) is 4.55. The summed E-state index contributed by atoms with van der Waals surface area (Å²) in [4.78, 5) is 70.4. The minimum absolute atomic E-state index is 0.0664. The Bertz CT molecular complexity index is 951. The highest BCUT2D eigenvalue weighted by Gasteiger charge is 2.31. The summed E-state index contributed by atoms with van der Waals surface area (Å²) in [7, 11) is 0. The maximum atomic E-state index is 12.6. The number of nitrogens with two attached hydrogens (primary N) is 1. The number of phenols is 1. The minimum atomic E-state index is -1.79. The zero-order chi connectivity index (χ0) is 26.7. The van der Waals surface area contributed by atoms with Gasteiger partial charge in [0.2, 0.25) is 17.7 Å². The highest BCUT2D eigenvalue weighted by atomic mass is 16.4. The van der Waals surface area contributed by atoms with Crippen LogP contribution in [0.15, 0.2) is 24.3 Å². The number of carbonyl (C=O) groups excluding carboxylic acids is 3. The van der Waals surface area contributed by atoms with Gasteiger partial charge in [-0.2, -0.15) is 0 Å². The molecule has 0 saturated carbocycles. The van der Waals surface area contributed by atoms with Crippen molar-refractivity contribution in [1.82, 2.24) is 16.0 Å². The Labute approximate surface area is 197 Å². The predicted molar refractivity (Wildman–Crippen MR) is 115 cm³/mol. The molecule has 0 aliphatic heterocycles. The van der Waals surface area contributed by atoms with E-state index in [1.165, 1.54) is 24.3 Å². The van der Waals surface area contributed by atoms with Crippen molar-refractivity contribution in [2.75, 3.05) is 6.61 Å². The maximum absolute atomic E-state index is 12.6. The Morgan fingerprint density at radius 3 is 1.71 bits per heavy atom. The van der Waals surface area contributed by atoms with E-state index in [2.05, 4.69) is 5.32 Å². The summed E-state index contributed by atoms with van der Waals surface area (Å²) in [5, 5.41) is 52.0. The number of aliphatic hydroxyl groups is 1. The number of hydrogen-bond donors (Lipinski definition) is 9. The van der Waals surface area contributed by atoms with Gasteiger partial charge in [-0.3, -0.25) is 24.0 Å². The molecule has 3 amide bonds. The van der Waals surface area contributed by atoms with Crippen molar-refractivity contribution in [3.05, 3.63) is 29.8 Å². The molecule has 0 spiro atoms. The lowest BCUT2D eigenvalue weighted by Crippen LogP contribution is -2.58. The first-order valence-electron chi connectivity index (χ1n) is 10.1.